The molecule has 0 bridgehead atoms. The number of imidazole rings is 1. The first-order valence-electron chi connectivity index (χ1n) is 9.99. The van der Waals surface area contributed by atoms with Crippen LogP contribution in [0.5, 0.6) is 0 Å². The van der Waals surface area contributed by atoms with Crippen LogP contribution in [0.4, 0.5) is 5.82 Å². The molecule has 148 valence electrons. The smallest absolute Gasteiger partial charge is 0.167 e. The molecule has 0 spiro atoms. The fourth-order valence-corrected chi connectivity index (χ4v) is 4.22. The van der Waals surface area contributed by atoms with E-state index in [0.29, 0.717) is 12.1 Å². The number of nitrogens with zero attached hydrogens (tertiary/aromatic N) is 6. The van der Waals surface area contributed by atoms with Crippen molar-refractivity contribution in [1.29, 1.82) is 0 Å². The number of aliphatic hydroxyl groups is 1. The summed E-state index contributed by atoms with van der Waals surface area (Å²) >= 11 is 0. The van der Waals surface area contributed by atoms with Crippen molar-refractivity contribution in [2.24, 2.45) is 0 Å². The Hall–Kier alpha value is -1.77. The maximum atomic E-state index is 9.75. The van der Waals surface area contributed by atoms with Crippen LogP contribution in [0.25, 0.3) is 11.2 Å². The van der Waals surface area contributed by atoms with Gasteiger partial charge in [-0.15, -0.1) is 0 Å². The van der Waals surface area contributed by atoms with E-state index in [1.54, 1.807) is 12.7 Å². The zero-order valence-electron chi connectivity index (χ0n) is 16.5. The first kappa shape index (κ1) is 18.6. The van der Waals surface area contributed by atoms with Gasteiger partial charge in [0.05, 0.1) is 19.0 Å². The summed E-state index contributed by atoms with van der Waals surface area (Å²) in [7, 11) is 2.02. The van der Waals surface area contributed by atoms with Gasteiger partial charge in [0.2, 0.25) is 0 Å². The fourth-order valence-electron chi connectivity index (χ4n) is 4.22. The molecule has 4 rings (SSSR count). The first-order chi connectivity index (χ1) is 13.1. The molecule has 0 aromatic carbocycles. The Bertz CT molecular complexity index is 773. The van der Waals surface area contributed by atoms with E-state index in [1.165, 1.54) is 25.7 Å². The average Bonchev–Trinajstić information content (AvgIpc) is 3.36. The summed E-state index contributed by atoms with van der Waals surface area (Å²) in [6.45, 7) is 5.87. The molecule has 8 heteroatoms. The molecule has 1 aliphatic heterocycles. The number of morpholine rings is 1. The Morgan fingerprint density at radius 3 is 2.70 bits per heavy atom. The molecule has 2 aromatic heterocycles. The molecule has 0 radical (unpaired) electrons. The fraction of sp³-hybridized carbons (Fsp3) is 0.737. The number of ether oxygens (including phenoxy) is 1. The van der Waals surface area contributed by atoms with E-state index in [1.807, 2.05) is 11.6 Å². The highest BCUT2D eigenvalue weighted by Gasteiger charge is 2.34. The van der Waals surface area contributed by atoms with Crippen LogP contribution in [0.15, 0.2) is 12.7 Å². The molecule has 27 heavy (non-hydrogen) atoms. The lowest BCUT2D eigenvalue weighted by atomic mass is 10.1. The van der Waals surface area contributed by atoms with Gasteiger partial charge in [0, 0.05) is 32.2 Å². The van der Waals surface area contributed by atoms with Crippen LogP contribution in [0, 0.1) is 0 Å². The Balaban J connectivity index is 1.65. The van der Waals surface area contributed by atoms with Crippen molar-refractivity contribution in [2.75, 3.05) is 31.6 Å². The molecule has 2 aromatic rings. The van der Waals surface area contributed by atoms with Gasteiger partial charge in [0.25, 0.3) is 0 Å². The molecule has 1 saturated carbocycles. The van der Waals surface area contributed by atoms with E-state index in [9.17, 15) is 5.11 Å². The largest absolute Gasteiger partial charge is 0.394 e. The van der Waals surface area contributed by atoms with Gasteiger partial charge < -0.3 is 14.7 Å². The maximum absolute atomic E-state index is 9.75. The van der Waals surface area contributed by atoms with Crippen molar-refractivity contribution in [1.82, 2.24) is 24.4 Å². The zero-order chi connectivity index (χ0) is 19.0. The van der Waals surface area contributed by atoms with Crippen LogP contribution < -0.4 is 4.90 Å². The molecule has 2 atom stereocenters. The molecule has 0 unspecified atom stereocenters. The van der Waals surface area contributed by atoms with Crippen molar-refractivity contribution in [2.45, 2.75) is 63.9 Å². The molecular weight excluding hydrogens is 344 g/mol. The van der Waals surface area contributed by atoms with Gasteiger partial charge in [-0.25, -0.2) is 15.0 Å². The van der Waals surface area contributed by atoms with E-state index in [0.717, 1.165) is 30.1 Å². The summed E-state index contributed by atoms with van der Waals surface area (Å²) in [5, 5.41) is 9.75. The van der Waals surface area contributed by atoms with Crippen LogP contribution in [-0.4, -0.2) is 74.5 Å². The van der Waals surface area contributed by atoms with E-state index < -0.39 is 0 Å². The van der Waals surface area contributed by atoms with Crippen LogP contribution >= 0.6 is 0 Å². The van der Waals surface area contributed by atoms with Crippen molar-refractivity contribution >= 4 is 17.0 Å². The molecular formula is C19H30N6O2. The van der Waals surface area contributed by atoms with E-state index >= 15 is 0 Å². The SMILES string of the molecule is CC(C)N(C)c1ncnc2c1ncn2[C@H]1CN(C2CCCC2)C[C@@H](CO)O1. The lowest BCUT2D eigenvalue weighted by Crippen LogP contribution is -2.50. The Labute approximate surface area is 160 Å². The van der Waals surface area contributed by atoms with Gasteiger partial charge in [0.15, 0.2) is 17.0 Å². The van der Waals surface area contributed by atoms with Crippen molar-refractivity contribution in [3.8, 4) is 0 Å². The number of fused-ring (bicyclic) bond motifs is 1. The van der Waals surface area contributed by atoms with Crippen LogP contribution in [0.3, 0.4) is 0 Å². The number of aliphatic hydroxyl groups excluding tert-OH is 1. The molecule has 1 N–H and O–H groups in total. The summed E-state index contributed by atoms with van der Waals surface area (Å²) in [5.41, 5.74) is 1.57. The lowest BCUT2D eigenvalue weighted by molar-refractivity contribution is -0.141. The zero-order valence-corrected chi connectivity index (χ0v) is 16.5. The average molecular weight is 374 g/mol. The first-order valence-corrected chi connectivity index (χ1v) is 9.99. The normalized spacial score (nSPS) is 24.9. The highest BCUT2D eigenvalue weighted by Crippen LogP contribution is 2.31. The third kappa shape index (κ3) is 3.53. The molecule has 3 heterocycles. The topological polar surface area (TPSA) is 79.5 Å². The number of rotatable bonds is 5. The van der Waals surface area contributed by atoms with Crippen molar-refractivity contribution in [3.05, 3.63) is 12.7 Å². The molecule has 8 nitrogen and oxygen atoms in total. The van der Waals surface area contributed by atoms with Crippen LogP contribution in [-0.2, 0) is 4.74 Å². The second-order valence-electron chi connectivity index (χ2n) is 8.01. The Morgan fingerprint density at radius 1 is 1.22 bits per heavy atom. The number of hydrogen-bond donors (Lipinski definition) is 1. The summed E-state index contributed by atoms with van der Waals surface area (Å²) in [4.78, 5) is 18.1. The molecule has 1 aliphatic carbocycles. The lowest BCUT2D eigenvalue weighted by Gasteiger charge is -2.40. The number of aromatic nitrogens is 4. The van der Waals surface area contributed by atoms with Crippen LogP contribution in [0.1, 0.15) is 45.8 Å². The highest BCUT2D eigenvalue weighted by atomic mass is 16.5. The number of hydrogen-bond acceptors (Lipinski definition) is 7. The van der Waals surface area contributed by atoms with E-state index in [2.05, 4.69) is 38.6 Å². The van der Waals surface area contributed by atoms with Crippen molar-refractivity contribution < 1.29 is 9.84 Å². The second-order valence-corrected chi connectivity index (χ2v) is 8.01. The van der Waals surface area contributed by atoms with Crippen molar-refractivity contribution in [3.63, 3.8) is 0 Å². The molecule has 2 aliphatic rings. The standard InChI is InChI=1S/C19H30N6O2/c1-13(2)23(3)18-17-19(21-11-20-18)25(12-22-17)16-9-24(8-15(10-26)27-16)14-6-4-5-7-14/h11-16,26H,4-10H2,1-3H3/t15-,16+/m0/s1. The predicted molar refractivity (Wildman–Crippen MR) is 104 cm³/mol. The molecule has 1 saturated heterocycles. The summed E-state index contributed by atoms with van der Waals surface area (Å²) < 4.78 is 8.18. The minimum Gasteiger partial charge on any atom is -0.394 e. The maximum Gasteiger partial charge on any atom is 0.167 e. The summed E-state index contributed by atoms with van der Waals surface area (Å²) in [6.07, 6.45) is 8.08. The van der Waals surface area contributed by atoms with Gasteiger partial charge in [-0.1, -0.05) is 12.8 Å². The second kappa shape index (κ2) is 7.69. The van der Waals surface area contributed by atoms with Gasteiger partial charge in [-0.2, -0.15) is 0 Å². The molecule has 2 fully saturated rings. The van der Waals surface area contributed by atoms with E-state index in [4.69, 9.17) is 4.74 Å². The van der Waals surface area contributed by atoms with Gasteiger partial charge in [0.1, 0.15) is 12.6 Å². The minimum atomic E-state index is -0.200. The van der Waals surface area contributed by atoms with Gasteiger partial charge >= 0.3 is 0 Å². The molecule has 0 amide bonds. The van der Waals surface area contributed by atoms with Crippen LogP contribution in [0.2, 0.25) is 0 Å². The van der Waals surface area contributed by atoms with Gasteiger partial charge in [-0.3, -0.25) is 9.47 Å². The third-order valence-corrected chi connectivity index (χ3v) is 5.98. The monoisotopic (exact) mass is 374 g/mol. The quantitative estimate of drug-likeness (QED) is 0.855. The minimum absolute atomic E-state index is 0.0304. The Kier molecular flexibility index (Phi) is 5.29. The van der Waals surface area contributed by atoms with Gasteiger partial charge in [-0.05, 0) is 26.7 Å². The summed E-state index contributed by atoms with van der Waals surface area (Å²) in [5.74, 6) is 0.830. The summed E-state index contributed by atoms with van der Waals surface area (Å²) in [6, 6.07) is 0.910. The Morgan fingerprint density at radius 2 is 2.00 bits per heavy atom. The number of anilines is 1. The van der Waals surface area contributed by atoms with E-state index in [-0.39, 0.29) is 18.9 Å². The highest BCUT2D eigenvalue weighted by molar-refractivity contribution is 5.83. The third-order valence-electron chi connectivity index (χ3n) is 5.98. The predicted octanol–water partition coefficient (Wildman–Crippen LogP) is 1.81.